The summed E-state index contributed by atoms with van der Waals surface area (Å²) in [5, 5.41) is 10.0. The molecule has 0 unspecified atom stereocenters. The van der Waals surface area contributed by atoms with Gasteiger partial charge in [-0.3, -0.25) is 4.79 Å². The molecule has 0 bridgehead atoms. The Balaban J connectivity index is 2.25. The number of rotatable bonds is 7. The standard InChI is InChI=1S/C9H12F2N4O2/c10-7(11)5-17-4-3-13-8-2-1-6(9(12)16)14-15-8/h1-2,7H,3-5H2,(H2,12,16)(H,13,15). The Morgan fingerprint density at radius 1 is 1.47 bits per heavy atom. The van der Waals surface area contributed by atoms with Gasteiger partial charge in [0.1, 0.15) is 12.4 Å². The number of anilines is 1. The molecular formula is C9H12F2N4O2. The van der Waals surface area contributed by atoms with Crippen LogP contribution in [0.25, 0.3) is 0 Å². The average molecular weight is 246 g/mol. The molecule has 0 saturated carbocycles. The van der Waals surface area contributed by atoms with E-state index in [9.17, 15) is 13.6 Å². The summed E-state index contributed by atoms with van der Waals surface area (Å²) in [6.07, 6.45) is -2.47. The Morgan fingerprint density at radius 3 is 2.76 bits per heavy atom. The molecular weight excluding hydrogens is 234 g/mol. The number of nitrogens with one attached hydrogen (secondary N) is 1. The van der Waals surface area contributed by atoms with Crippen molar-refractivity contribution in [2.24, 2.45) is 5.73 Å². The third-order valence-corrected chi connectivity index (χ3v) is 1.71. The zero-order valence-corrected chi connectivity index (χ0v) is 8.90. The molecule has 0 radical (unpaired) electrons. The van der Waals surface area contributed by atoms with Gasteiger partial charge in [-0.1, -0.05) is 0 Å². The second-order valence-corrected chi connectivity index (χ2v) is 3.06. The fraction of sp³-hybridized carbons (Fsp3) is 0.444. The lowest BCUT2D eigenvalue weighted by Gasteiger charge is -2.05. The molecule has 1 heterocycles. The van der Waals surface area contributed by atoms with Gasteiger partial charge in [0.2, 0.25) is 0 Å². The first-order valence-electron chi connectivity index (χ1n) is 4.83. The number of nitrogens with two attached hydrogens (primary N) is 1. The van der Waals surface area contributed by atoms with Crippen LogP contribution < -0.4 is 11.1 Å². The summed E-state index contributed by atoms with van der Waals surface area (Å²) in [6.45, 7) is -0.144. The molecule has 0 atom stereocenters. The summed E-state index contributed by atoms with van der Waals surface area (Å²) in [5.41, 5.74) is 5.04. The van der Waals surface area contributed by atoms with E-state index in [0.29, 0.717) is 12.4 Å². The minimum atomic E-state index is -2.47. The monoisotopic (exact) mass is 246 g/mol. The third kappa shape index (κ3) is 5.16. The van der Waals surface area contributed by atoms with Crippen LogP contribution >= 0.6 is 0 Å². The largest absolute Gasteiger partial charge is 0.374 e. The number of aromatic nitrogens is 2. The first-order valence-corrected chi connectivity index (χ1v) is 4.83. The molecule has 1 rings (SSSR count). The van der Waals surface area contributed by atoms with Crippen molar-refractivity contribution >= 4 is 11.7 Å². The summed E-state index contributed by atoms with van der Waals surface area (Å²) < 4.78 is 28.0. The third-order valence-electron chi connectivity index (χ3n) is 1.71. The molecule has 3 N–H and O–H groups in total. The van der Waals surface area contributed by atoms with Crippen LogP contribution in [0, 0.1) is 0 Å². The lowest BCUT2D eigenvalue weighted by atomic mass is 10.4. The van der Waals surface area contributed by atoms with E-state index in [1.807, 2.05) is 0 Å². The molecule has 0 aliphatic carbocycles. The van der Waals surface area contributed by atoms with E-state index in [0.717, 1.165) is 0 Å². The minimum Gasteiger partial charge on any atom is -0.374 e. The maximum absolute atomic E-state index is 11.7. The molecule has 94 valence electrons. The molecule has 0 spiro atoms. The molecule has 1 aromatic rings. The lowest BCUT2D eigenvalue weighted by Crippen LogP contribution is -2.16. The highest BCUT2D eigenvalue weighted by atomic mass is 19.3. The first kappa shape index (κ1) is 13.2. The second-order valence-electron chi connectivity index (χ2n) is 3.06. The average Bonchev–Trinajstić information content (AvgIpc) is 2.29. The van der Waals surface area contributed by atoms with Crippen molar-refractivity contribution in [2.45, 2.75) is 6.43 Å². The summed E-state index contributed by atoms with van der Waals surface area (Å²) in [4.78, 5) is 10.7. The van der Waals surface area contributed by atoms with E-state index >= 15 is 0 Å². The van der Waals surface area contributed by atoms with Crippen LogP contribution in [0.3, 0.4) is 0 Å². The van der Waals surface area contributed by atoms with E-state index < -0.39 is 18.9 Å². The SMILES string of the molecule is NC(=O)c1ccc(NCCOCC(F)F)nn1. The van der Waals surface area contributed by atoms with Gasteiger partial charge in [0.25, 0.3) is 12.3 Å². The molecule has 0 aliphatic heterocycles. The number of hydrogen-bond donors (Lipinski definition) is 2. The number of carbonyl (C=O) groups is 1. The number of carbonyl (C=O) groups excluding carboxylic acids is 1. The van der Waals surface area contributed by atoms with Crippen molar-refractivity contribution < 1.29 is 18.3 Å². The Kier molecular flexibility index (Phi) is 5.21. The molecule has 1 aromatic heterocycles. The van der Waals surface area contributed by atoms with Crippen LogP contribution in [0.1, 0.15) is 10.5 Å². The van der Waals surface area contributed by atoms with Crippen LogP contribution in [0.5, 0.6) is 0 Å². The Bertz CT molecular complexity index is 359. The van der Waals surface area contributed by atoms with Crippen LogP contribution in [0.2, 0.25) is 0 Å². The normalized spacial score (nSPS) is 10.5. The van der Waals surface area contributed by atoms with Gasteiger partial charge in [-0.15, -0.1) is 10.2 Å². The number of primary amides is 1. The maximum Gasteiger partial charge on any atom is 0.269 e. The fourth-order valence-electron chi connectivity index (χ4n) is 0.982. The van der Waals surface area contributed by atoms with Gasteiger partial charge in [0, 0.05) is 6.54 Å². The molecule has 17 heavy (non-hydrogen) atoms. The van der Waals surface area contributed by atoms with Crippen molar-refractivity contribution in [3.63, 3.8) is 0 Å². The number of hydrogen-bond acceptors (Lipinski definition) is 5. The predicted octanol–water partition coefficient (Wildman–Crippen LogP) is 0.269. The van der Waals surface area contributed by atoms with Crippen LogP contribution in [0.15, 0.2) is 12.1 Å². The molecule has 1 amide bonds. The van der Waals surface area contributed by atoms with Crippen molar-refractivity contribution in [3.05, 3.63) is 17.8 Å². The molecule has 0 aromatic carbocycles. The minimum absolute atomic E-state index is 0.0597. The fourth-order valence-corrected chi connectivity index (χ4v) is 0.982. The summed E-state index contributed by atoms with van der Waals surface area (Å²) in [7, 11) is 0. The zero-order valence-electron chi connectivity index (χ0n) is 8.90. The quantitative estimate of drug-likeness (QED) is 0.674. The molecule has 0 fully saturated rings. The Labute approximate surface area is 96.2 Å². The highest BCUT2D eigenvalue weighted by Crippen LogP contribution is 2.01. The highest BCUT2D eigenvalue weighted by molar-refractivity contribution is 5.90. The number of amides is 1. The topological polar surface area (TPSA) is 90.1 Å². The van der Waals surface area contributed by atoms with Crippen molar-refractivity contribution in [1.29, 1.82) is 0 Å². The number of alkyl halides is 2. The van der Waals surface area contributed by atoms with Crippen molar-refractivity contribution in [1.82, 2.24) is 10.2 Å². The van der Waals surface area contributed by atoms with Gasteiger partial charge < -0.3 is 15.8 Å². The van der Waals surface area contributed by atoms with Gasteiger partial charge in [-0.25, -0.2) is 8.78 Å². The van der Waals surface area contributed by atoms with Crippen LogP contribution in [-0.2, 0) is 4.74 Å². The van der Waals surface area contributed by atoms with Crippen LogP contribution in [0.4, 0.5) is 14.6 Å². The van der Waals surface area contributed by atoms with E-state index in [1.165, 1.54) is 12.1 Å². The van der Waals surface area contributed by atoms with E-state index in [2.05, 4.69) is 20.3 Å². The summed E-state index contributed by atoms with van der Waals surface area (Å²) in [5.74, 6) is -0.250. The van der Waals surface area contributed by atoms with Crippen molar-refractivity contribution in [3.8, 4) is 0 Å². The van der Waals surface area contributed by atoms with Gasteiger partial charge in [0.05, 0.1) is 6.61 Å². The van der Waals surface area contributed by atoms with E-state index in [4.69, 9.17) is 5.73 Å². The Hall–Kier alpha value is -1.83. The number of nitrogens with zero attached hydrogens (tertiary/aromatic N) is 2. The maximum atomic E-state index is 11.7. The molecule has 8 heteroatoms. The first-order chi connectivity index (χ1) is 8.09. The zero-order chi connectivity index (χ0) is 12.7. The van der Waals surface area contributed by atoms with Gasteiger partial charge in [0.15, 0.2) is 5.69 Å². The molecule has 0 aliphatic rings. The molecule has 6 nitrogen and oxygen atoms in total. The van der Waals surface area contributed by atoms with Crippen LogP contribution in [-0.4, -0.2) is 42.3 Å². The van der Waals surface area contributed by atoms with Gasteiger partial charge >= 0.3 is 0 Å². The summed E-state index contributed by atoms with van der Waals surface area (Å²) >= 11 is 0. The number of ether oxygens (including phenoxy) is 1. The lowest BCUT2D eigenvalue weighted by molar-refractivity contribution is 0.0214. The van der Waals surface area contributed by atoms with Crippen molar-refractivity contribution in [2.75, 3.05) is 25.1 Å². The second kappa shape index (κ2) is 6.69. The van der Waals surface area contributed by atoms with Gasteiger partial charge in [-0.2, -0.15) is 0 Å². The van der Waals surface area contributed by atoms with E-state index in [-0.39, 0.29) is 12.3 Å². The Morgan fingerprint density at radius 2 is 2.24 bits per heavy atom. The highest BCUT2D eigenvalue weighted by Gasteiger charge is 2.03. The van der Waals surface area contributed by atoms with E-state index in [1.54, 1.807) is 0 Å². The predicted molar refractivity (Wildman–Crippen MR) is 55.9 cm³/mol. The smallest absolute Gasteiger partial charge is 0.269 e. The molecule has 0 saturated heterocycles. The summed E-state index contributed by atoms with van der Waals surface area (Å²) in [6, 6.07) is 2.93. The van der Waals surface area contributed by atoms with Gasteiger partial charge in [-0.05, 0) is 12.1 Å². The number of halogens is 2.